The number of methoxy groups -OCH3 is 1. The smallest absolute Gasteiger partial charge is 0.238 e. The lowest BCUT2D eigenvalue weighted by Crippen LogP contribution is -2.42. The molecule has 1 N–H and O–H groups in total. The number of carbonyl (C=O) groups is 1. The van der Waals surface area contributed by atoms with Crippen molar-refractivity contribution in [1.29, 1.82) is 0 Å². The van der Waals surface area contributed by atoms with Crippen LogP contribution in [0.25, 0.3) is 0 Å². The SMILES string of the molecule is COc1cccc(OCC2CCCN(CC(=O)Nc3cn(C)nc3C)C2)c1. The molecule has 2 heterocycles. The van der Waals surface area contributed by atoms with Crippen LogP contribution in [-0.2, 0) is 11.8 Å². The Hall–Kier alpha value is -2.54. The Morgan fingerprint density at radius 2 is 2.19 bits per heavy atom. The van der Waals surface area contributed by atoms with Crippen molar-refractivity contribution in [2.45, 2.75) is 19.8 Å². The number of aromatic nitrogens is 2. The van der Waals surface area contributed by atoms with Gasteiger partial charge in [-0.1, -0.05) is 6.07 Å². The predicted octanol–water partition coefficient (Wildman–Crippen LogP) is 2.47. The average Bonchev–Trinajstić information content (AvgIpc) is 2.97. The number of anilines is 1. The minimum absolute atomic E-state index is 0.000430. The van der Waals surface area contributed by atoms with Gasteiger partial charge in [0.05, 0.1) is 31.6 Å². The van der Waals surface area contributed by atoms with E-state index in [9.17, 15) is 4.79 Å². The largest absolute Gasteiger partial charge is 0.497 e. The summed E-state index contributed by atoms with van der Waals surface area (Å²) < 4.78 is 12.9. The molecule has 7 heteroatoms. The van der Waals surface area contributed by atoms with E-state index in [1.807, 2.05) is 44.4 Å². The second-order valence-corrected chi connectivity index (χ2v) is 7.08. The minimum Gasteiger partial charge on any atom is -0.497 e. The van der Waals surface area contributed by atoms with Gasteiger partial charge in [0, 0.05) is 31.8 Å². The van der Waals surface area contributed by atoms with Crippen molar-refractivity contribution in [3.8, 4) is 11.5 Å². The van der Waals surface area contributed by atoms with Gasteiger partial charge in [-0.3, -0.25) is 14.4 Å². The van der Waals surface area contributed by atoms with Crippen LogP contribution in [0.1, 0.15) is 18.5 Å². The van der Waals surface area contributed by atoms with Crippen LogP contribution >= 0.6 is 0 Å². The molecule has 0 radical (unpaired) electrons. The first kappa shape index (κ1) is 19.2. The first-order valence-corrected chi connectivity index (χ1v) is 9.33. The zero-order valence-electron chi connectivity index (χ0n) is 16.3. The first-order chi connectivity index (χ1) is 13.0. The molecule has 0 aliphatic carbocycles. The van der Waals surface area contributed by atoms with Crippen LogP contribution in [-0.4, -0.2) is 53.9 Å². The van der Waals surface area contributed by atoms with Crippen molar-refractivity contribution >= 4 is 11.6 Å². The van der Waals surface area contributed by atoms with Gasteiger partial charge in [-0.25, -0.2) is 0 Å². The molecule has 27 heavy (non-hydrogen) atoms. The quantitative estimate of drug-likeness (QED) is 0.809. The highest BCUT2D eigenvalue weighted by Gasteiger charge is 2.22. The Morgan fingerprint density at radius 1 is 1.37 bits per heavy atom. The molecule has 1 aliphatic heterocycles. The summed E-state index contributed by atoms with van der Waals surface area (Å²) in [6, 6.07) is 7.65. The molecule has 1 aromatic carbocycles. The zero-order chi connectivity index (χ0) is 19.2. The lowest BCUT2D eigenvalue weighted by atomic mass is 9.99. The maximum absolute atomic E-state index is 12.4. The number of hydrogen-bond donors (Lipinski definition) is 1. The summed E-state index contributed by atoms with van der Waals surface area (Å²) in [5.74, 6) is 2.02. The molecule has 1 unspecified atom stereocenters. The number of hydrogen-bond acceptors (Lipinski definition) is 5. The summed E-state index contributed by atoms with van der Waals surface area (Å²) in [7, 11) is 3.50. The van der Waals surface area contributed by atoms with Gasteiger partial charge in [0.15, 0.2) is 0 Å². The summed E-state index contributed by atoms with van der Waals surface area (Å²) in [6.45, 7) is 4.73. The molecule has 0 bridgehead atoms. The third-order valence-electron chi connectivity index (χ3n) is 4.78. The third-order valence-corrected chi connectivity index (χ3v) is 4.78. The molecule has 1 aliphatic rings. The summed E-state index contributed by atoms with van der Waals surface area (Å²) in [5, 5.41) is 7.21. The van der Waals surface area contributed by atoms with Crippen molar-refractivity contribution in [2.75, 3.05) is 38.7 Å². The number of ether oxygens (including phenoxy) is 2. The highest BCUT2D eigenvalue weighted by molar-refractivity contribution is 5.92. The molecule has 0 spiro atoms. The number of nitrogens with one attached hydrogen (secondary N) is 1. The van der Waals surface area contributed by atoms with Gasteiger partial charge in [0.1, 0.15) is 11.5 Å². The van der Waals surface area contributed by atoms with Crippen LogP contribution < -0.4 is 14.8 Å². The number of likely N-dealkylation sites (tertiary alicyclic amines) is 1. The third kappa shape index (κ3) is 5.47. The second-order valence-electron chi connectivity index (χ2n) is 7.08. The van der Waals surface area contributed by atoms with Gasteiger partial charge in [-0.15, -0.1) is 0 Å². The fourth-order valence-electron chi connectivity index (χ4n) is 3.45. The number of carbonyl (C=O) groups excluding carboxylic acids is 1. The number of benzene rings is 1. The summed E-state index contributed by atoms with van der Waals surface area (Å²) in [6.07, 6.45) is 4.02. The fraction of sp³-hybridized carbons (Fsp3) is 0.500. The predicted molar refractivity (Wildman–Crippen MR) is 104 cm³/mol. The van der Waals surface area contributed by atoms with Gasteiger partial charge in [-0.2, -0.15) is 5.10 Å². The van der Waals surface area contributed by atoms with Gasteiger partial charge < -0.3 is 14.8 Å². The molecule has 0 saturated carbocycles. The van der Waals surface area contributed by atoms with E-state index in [2.05, 4.69) is 15.3 Å². The minimum atomic E-state index is 0.000430. The molecule has 2 aromatic rings. The molecule has 146 valence electrons. The first-order valence-electron chi connectivity index (χ1n) is 9.33. The molecule has 1 atom stereocenters. The van der Waals surface area contributed by atoms with Crippen LogP contribution in [0.5, 0.6) is 11.5 Å². The Morgan fingerprint density at radius 3 is 2.93 bits per heavy atom. The van der Waals surface area contributed by atoms with Crippen LogP contribution in [0.4, 0.5) is 5.69 Å². The Labute approximate surface area is 160 Å². The molecular formula is C20H28N4O3. The van der Waals surface area contributed by atoms with Crippen molar-refractivity contribution in [1.82, 2.24) is 14.7 Å². The van der Waals surface area contributed by atoms with Crippen molar-refractivity contribution in [3.05, 3.63) is 36.2 Å². The van der Waals surface area contributed by atoms with E-state index < -0.39 is 0 Å². The van der Waals surface area contributed by atoms with E-state index in [-0.39, 0.29) is 5.91 Å². The Balaban J connectivity index is 1.47. The van der Waals surface area contributed by atoms with Crippen LogP contribution in [0.2, 0.25) is 0 Å². The number of nitrogens with zero attached hydrogens (tertiary/aromatic N) is 3. The monoisotopic (exact) mass is 372 g/mol. The highest BCUT2D eigenvalue weighted by Crippen LogP contribution is 2.22. The molecule has 7 nitrogen and oxygen atoms in total. The van der Waals surface area contributed by atoms with Crippen molar-refractivity contribution < 1.29 is 14.3 Å². The maximum Gasteiger partial charge on any atom is 0.238 e. The average molecular weight is 372 g/mol. The summed E-state index contributed by atoms with van der Waals surface area (Å²) in [4.78, 5) is 14.6. The molecule has 1 amide bonds. The normalized spacial score (nSPS) is 17.5. The number of piperidine rings is 1. The number of rotatable bonds is 7. The van der Waals surface area contributed by atoms with E-state index >= 15 is 0 Å². The van der Waals surface area contributed by atoms with E-state index in [0.717, 1.165) is 48.8 Å². The van der Waals surface area contributed by atoms with Gasteiger partial charge in [-0.05, 0) is 38.4 Å². The Kier molecular flexibility index (Phi) is 6.34. The number of amides is 1. The van der Waals surface area contributed by atoms with Crippen LogP contribution in [0, 0.1) is 12.8 Å². The molecule has 1 saturated heterocycles. The van der Waals surface area contributed by atoms with Crippen LogP contribution in [0.15, 0.2) is 30.5 Å². The topological polar surface area (TPSA) is 68.6 Å². The highest BCUT2D eigenvalue weighted by atomic mass is 16.5. The van der Waals surface area contributed by atoms with E-state index in [1.165, 1.54) is 0 Å². The van der Waals surface area contributed by atoms with Crippen molar-refractivity contribution in [3.63, 3.8) is 0 Å². The standard InChI is InChI=1S/C20H28N4O3/c1-15-19(12-23(2)22-15)21-20(25)13-24-9-5-6-16(11-24)14-27-18-8-4-7-17(10-18)26-3/h4,7-8,10,12,16H,5-6,9,11,13-14H2,1-3H3,(H,21,25). The van der Waals surface area contributed by atoms with Gasteiger partial charge >= 0.3 is 0 Å². The molecule has 1 aromatic heterocycles. The molecule has 3 rings (SSSR count). The fourth-order valence-corrected chi connectivity index (χ4v) is 3.45. The number of aryl methyl sites for hydroxylation is 2. The van der Waals surface area contributed by atoms with E-state index in [4.69, 9.17) is 9.47 Å². The Bertz CT molecular complexity index is 774. The molecule has 1 fully saturated rings. The van der Waals surface area contributed by atoms with Gasteiger partial charge in [0.2, 0.25) is 5.91 Å². The van der Waals surface area contributed by atoms with E-state index in [0.29, 0.717) is 19.1 Å². The van der Waals surface area contributed by atoms with Crippen LogP contribution in [0.3, 0.4) is 0 Å². The van der Waals surface area contributed by atoms with Crippen molar-refractivity contribution in [2.24, 2.45) is 13.0 Å². The molecular weight excluding hydrogens is 344 g/mol. The summed E-state index contributed by atoms with van der Waals surface area (Å²) >= 11 is 0. The lowest BCUT2D eigenvalue weighted by Gasteiger charge is -2.32. The summed E-state index contributed by atoms with van der Waals surface area (Å²) in [5.41, 5.74) is 1.60. The zero-order valence-corrected chi connectivity index (χ0v) is 16.3. The van der Waals surface area contributed by atoms with E-state index in [1.54, 1.807) is 11.8 Å². The lowest BCUT2D eigenvalue weighted by molar-refractivity contribution is -0.117. The second kappa shape index (κ2) is 8.90. The maximum atomic E-state index is 12.4. The van der Waals surface area contributed by atoms with Gasteiger partial charge in [0.25, 0.3) is 0 Å².